The van der Waals surface area contributed by atoms with Crippen molar-refractivity contribution < 1.29 is 31.1 Å². The monoisotopic (exact) mass is 629 g/mol. The summed E-state index contributed by atoms with van der Waals surface area (Å²) in [5.74, 6) is 0.369. The van der Waals surface area contributed by atoms with E-state index in [0.717, 1.165) is 36.4 Å². The first-order valence-corrected chi connectivity index (χ1v) is 13.6. The highest BCUT2D eigenvalue weighted by atomic mass is 79.9. The molecule has 202 valence electrons. The second-order valence-corrected chi connectivity index (χ2v) is 11.1. The molecule has 4 nitrogen and oxygen atoms in total. The third-order valence-corrected chi connectivity index (χ3v) is 7.52. The van der Waals surface area contributed by atoms with Crippen LogP contribution in [0, 0.1) is 5.41 Å². The summed E-state index contributed by atoms with van der Waals surface area (Å²) in [4.78, 5) is 12.7. The van der Waals surface area contributed by atoms with Crippen molar-refractivity contribution >= 4 is 56.6 Å². The lowest BCUT2D eigenvalue weighted by Crippen LogP contribution is -2.35. The van der Waals surface area contributed by atoms with E-state index in [1.165, 1.54) is 17.1 Å². The van der Waals surface area contributed by atoms with Gasteiger partial charge in [-0.05, 0) is 60.7 Å². The molecule has 1 amide bonds. The fraction of sp³-hybridized carbons (Fsp3) is 0.417. The van der Waals surface area contributed by atoms with Crippen LogP contribution in [0.2, 0.25) is 5.02 Å². The molecular weight excluding hydrogens is 608 g/mol. The van der Waals surface area contributed by atoms with Crippen molar-refractivity contribution in [2.24, 2.45) is 10.5 Å². The second-order valence-electron chi connectivity index (χ2n) is 8.86. The molecule has 0 radical (unpaired) electrons. The fourth-order valence-electron chi connectivity index (χ4n) is 4.16. The molecule has 1 aliphatic heterocycles. The summed E-state index contributed by atoms with van der Waals surface area (Å²) in [6.45, 7) is 2.07. The molecule has 2 aromatic carbocycles. The highest BCUT2D eigenvalue weighted by Gasteiger charge is 2.40. The van der Waals surface area contributed by atoms with Crippen molar-refractivity contribution in [3.63, 3.8) is 0 Å². The van der Waals surface area contributed by atoms with Gasteiger partial charge in [0.25, 0.3) is 0 Å². The van der Waals surface area contributed by atoms with E-state index < -0.39 is 39.8 Å². The second kappa shape index (κ2) is 11.4. The Morgan fingerprint density at radius 2 is 1.78 bits per heavy atom. The summed E-state index contributed by atoms with van der Waals surface area (Å²) < 4.78 is 78.2. The molecule has 0 fully saturated rings. The van der Waals surface area contributed by atoms with E-state index in [-0.39, 0.29) is 16.7 Å². The molecule has 1 N–H and O–H groups in total. The summed E-state index contributed by atoms with van der Waals surface area (Å²) in [5.41, 5.74) is -1.25. The molecular formula is C24H23BrClF6N3OS. The Morgan fingerprint density at radius 1 is 1.14 bits per heavy atom. The first-order valence-electron chi connectivity index (χ1n) is 11.0. The van der Waals surface area contributed by atoms with Gasteiger partial charge in [-0.2, -0.15) is 43.2 Å². The van der Waals surface area contributed by atoms with E-state index in [4.69, 9.17) is 11.6 Å². The van der Waals surface area contributed by atoms with E-state index >= 15 is 0 Å². The number of hydrazone groups is 1. The number of carbonyl (C=O) groups excluding carboxylic acids is 1. The minimum absolute atomic E-state index is 0.172. The van der Waals surface area contributed by atoms with Crippen molar-refractivity contribution in [3.05, 3.63) is 62.6 Å². The largest absolute Gasteiger partial charge is 0.417 e. The van der Waals surface area contributed by atoms with Crippen LogP contribution in [0.5, 0.6) is 0 Å². The maximum atomic E-state index is 13.2. The van der Waals surface area contributed by atoms with Gasteiger partial charge in [0, 0.05) is 22.1 Å². The number of alkyl halides is 6. The van der Waals surface area contributed by atoms with Crippen LogP contribution in [0.3, 0.4) is 0 Å². The van der Waals surface area contributed by atoms with Crippen LogP contribution in [-0.4, -0.2) is 41.7 Å². The van der Waals surface area contributed by atoms with Crippen molar-refractivity contribution in [1.29, 1.82) is 0 Å². The van der Waals surface area contributed by atoms with Crippen molar-refractivity contribution in [2.75, 3.05) is 30.4 Å². The summed E-state index contributed by atoms with van der Waals surface area (Å²) >= 11 is 10.5. The topological polar surface area (TPSA) is 44.7 Å². The van der Waals surface area contributed by atoms with Crippen LogP contribution in [0.4, 0.5) is 32.0 Å². The maximum Gasteiger partial charge on any atom is 0.417 e. The first kappa shape index (κ1) is 29.6. The van der Waals surface area contributed by atoms with Gasteiger partial charge in [0.2, 0.25) is 5.91 Å². The van der Waals surface area contributed by atoms with E-state index in [0.29, 0.717) is 24.2 Å². The normalized spacial score (nSPS) is 18.2. The Kier molecular flexibility index (Phi) is 9.17. The number of thioether (sulfide) groups is 1. The molecule has 1 heterocycles. The molecule has 3 rings (SSSR count). The van der Waals surface area contributed by atoms with Crippen LogP contribution < -0.4 is 5.32 Å². The van der Waals surface area contributed by atoms with E-state index in [1.807, 2.05) is 13.2 Å². The van der Waals surface area contributed by atoms with Gasteiger partial charge in [-0.1, -0.05) is 40.5 Å². The number of rotatable bonds is 8. The Morgan fingerprint density at radius 3 is 2.35 bits per heavy atom. The zero-order valence-corrected chi connectivity index (χ0v) is 22.9. The number of nitrogens with one attached hydrogen (secondary N) is 1. The van der Waals surface area contributed by atoms with Crippen molar-refractivity contribution in [1.82, 2.24) is 5.01 Å². The molecule has 0 aliphatic carbocycles. The van der Waals surface area contributed by atoms with Crippen LogP contribution >= 0.6 is 39.3 Å². The van der Waals surface area contributed by atoms with Gasteiger partial charge in [0.15, 0.2) is 0 Å². The Labute approximate surface area is 227 Å². The van der Waals surface area contributed by atoms with Gasteiger partial charge in [0.1, 0.15) is 6.54 Å². The van der Waals surface area contributed by atoms with Gasteiger partial charge < -0.3 is 5.32 Å². The van der Waals surface area contributed by atoms with Crippen LogP contribution in [0.25, 0.3) is 0 Å². The quantitative estimate of drug-likeness (QED) is 0.238. The summed E-state index contributed by atoms with van der Waals surface area (Å²) in [6.07, 6.45) is -5.66. The van der Waals surface area contributed by atoms with E-state index in [2.05, 4.69) is 26.3 Å². The predicted octanol–water partition coefficient (Wildman–Crippen LogP) is 7.95. The molecule has 13 heteroatoms. The highest BCUT2D eigenvalue weighted by molar-refractivity contribution is 9.10. The van der Waals surface area contributed by atoms with Gasteiger partial charge in [-0.25, -0.2) is 0 Å². The van der Waals surface area contributed by atoms with Gasteiger partial charge in [-0.15, -0.1) is 0 Å². The molecule has 0 bridgehead atoms. The average Bonchev–Trinajstić information content (AvgIpc) is 3.07. The number of nitrogens with zero attached hydrogens (tertiary/aromatic N) is 2. The predicted molar refractivity (Wildman–Crippen MR) is 138 cm³/mol. The minimum atomic E-state index is -4.59. The van der Waals surface area contributed by atoms with Crippen molar-refractivity contribution in [2.45, 2.75) is 32.1 Å². The van der Waals surface area contributed by atoms with Crippen LogP contribution in [-0.2, 0) is 17.1 Å². The maximum absolute atomic E-state index is 13.2. The molecule has 0 saturated heterocycles. The smallest absolute Gasteiger partial charge is 0.324 e. The molecule has 0 saturated carbocycles. The highest BCUT2D eigenvalue weighted by Crippen LogP contribution is 2.40. The Balaban J connectivity index is 1.81. The number of halogens is 8. The van der Waals surface area contributed by atoms with E-state index in [1.54, 1.807) is 11.8 Å². The molecule has 0 spiro atoms. The third-order valence-electron chi connectivity index (χ3n) is 5.85. The van der Waals surface area contributed by atoms with Gasteiger partial charge >= 0.3 is 12.4 Å². The van der Waals surface area contributed by atoms with Gasteiger partial charge in [0.05, 0.1) is 21.9 Å². The van der Waals surface area contributed by atoms with Gasteiger partial charge in [-0.3, -0.25) is 9.80 Å². The zero-order valence-electron chi connectivity index (χ0n) is 19.7. The Hall–Kier alpha value is -1.92. The standard InChI is InChI=1S/C24H23BrClF6N3OS/c1-22(8-3-9-37-2)13-35(34-21(22)14-4-6-17(19(26)10-14)24(30,31)32)12-20(36)33-15-5-7-16(18(25)11-15)23(27,28)29/h4-7,10-11H,3,8-9,12-13H2,1-2H3,(H,33,36). The van der Waals surface area contributed by atoms with Crippen LogP contribution in [0.1, 0.15) is 36.5 Å². The average molecular weight is 631 g/mol. The number of amides is 1. The lowest BCUT2D eigenvalue weighted by Gasteiger charge is -2.27. The summed E-state index contributed by atoms with van der Waals surface area (Å²) in [7, 11) is 0. The number of carbonyl (C=O) groups is 1. The summed E-state index contributed by atoms with van der Waals surface area (Å²) in [6, 6.07) is 6.66. The Bertz CT molecular complexity index is 1190. The molecule has 1 aliphatic rings. The van der Waals surface area contributed by atoms with Crippen LogP contribution in [0.15, 0.2) is 46.0 Å². The number of hydrogen-bond acceptors (Lipinski definition) is 4. The summed E-state index contributed by atoms with van der Waals surface area (Å²) in [5, 5.41) is 8.18. The zero-order chi connectivity index (χ0) is 27.6. The first-order chi connectivity index (χ1) is 17.1. The molecule has 37 heavy (non-hydrogen) atoms. The molecule has 2 aromatic rings. The van der Waals surface area contributed by atoms with Crippen molar-refractivity contribution in [3.8, 4) is 0 Å². The molecule has 1 unspecified atom stereocenters. The lowest BCUT2D eigenvalue weighted by molar-refractivity contribution is -0.138. The lowest BCUT2D eigenvalue weighted by atomic mass is 9.78. The minimum Gasteiger partial charge on any atom is -0.324 e. The molecule has 1 atom stereocenters. The fourth-order valence-corrected chi connectivity index (χ4v) is 5.48. The van der Waals surface area contributed by atoms with E-state index in [9.17, 15) is 31.1 Å². The third kappa shape index (κ3) is 7.35. The molecule has 0 aromatic heterocycles. The number of hydrogen-bond donors (Lipinski definition) is 1. The SMILES string of the molecule is CSCCCC1(C)CN(CC(=O)Nc2ccc(C(F)(F)F)c(Br)c2)N=C1c1ccc(C(F)(F)F)c(Cl)c1. The number of benzene rings is 2. The number of anilines is 1.